The van der Waals surface area contributed by atoms with E-state index in [1.54, 1.807) is 8.61 Å². The highest BCUT2D eigenvalue weighted by molar-refractivity contribution is 7.89. The summed E-state index contributed by atoms with van der Waals surface area (Å²) in [4.78, 5) is 35.4. The summed E-state index contributed by atoms with van der Waals surface area (Å²) in [5, 5.41) is 0. The summed E-state index contributed by atoms with van der Waals surface area (Å²) in [6, 6.07) is 0. The highest BCUT2D eigenvalue weighted by Gasteiger charge is 2.38. The molecule has 0 amide bonds. The van der Waals surface area contributed by atoms with Crippen molar-refractivity contribution in [3.05, 3.63) is 36.7 Å². The monoisotopic (exact) mass is 668 g/mol. The average molecular weight is 669 g/mol. The second kappa shape index (κ2) is 16.4. The van der Waals surface area contributed by atoms with Gasteiger partial charge in [-0.05, 0) is 76.0 Å². The first-order valence-corrected chi connectivity index (χ1v) is 19.6. The Morgan fingerprint density at radius 3 is 1.87 bits per heavy atom. The van der Waals surface area contributed by atoms with Crippen LogP contribution in [0, 0.1) is 23.7 Å². The van der Waals surface area contributed by atoms with Crippen molar-refractivity contribution in [2.45, 2.75) is 84.5 Å². The van der Waals surface area contributed by atoms with Crippen LogP contribution in [-0.2, 0) is 20.0 Å². The fraction of sp³-hybridized carbons (Fsp3) is 0.742. The Morgan fingerprint density at radius 1 is 0.778 bits per heavy atom. The molecule has 2 fully saturated rings. The highest BCUT2D eigenvalue weighted by Crippen LogP contribution is 2.35. The molecule has 0 saturated carbocycles. The van der Waals surface area contributed by atoms with Gasteiger partial charge in [0.1, 0.15) is 12.5 Å². The Labute approximate surface area is 267 Å². The van der Waals surface area contributed by atoms with Crippen molar-refractivity contribution in [2.75, 3.05) is 37.7 Å². The molecule has 0 N–H and O–H groups in total. The highest BCUT2D eigenvalue weighted by atomic mass is 32.2. The van der Waals surface area contributed by atoms with Crippen LogP contribution in [0.2, 0.25) is 0 Å². The molecular formula is C31H48N4O8S2. The number of aromatic nitrogens is 2. The summed E-state index contributed by atoms with van der Waals surface area (Å²) in [5.41, 5.74) is 0. The molecule has 0 aromatic carbocycles. The summed E-state index contributed by atoms with van der Waals surface area (Å²) in [6.07, 6.45) is 12.3. The molecule has 0 spiro atoms. The summed E-state index contributed by atoms with van der Waals surface area (Å²) in [6.45, 7) is 5.52. The molecule has 2 atom stereocenters. The fourth-order valence-electron chi connectivity index (χ4n) is 6.70. The zero-order chi connectivity index (χ0) is 32.5. The first kappa shape index (κ1) is 35.4. The van der Waals surface area contributed by atoms with Gasteiger partial charge in [0.25, 0.3) is 11.8 Å². The molecule has 2 aromatic rings. The predicted octanol–water partition coefficient (Wildman–Crippen LogP) is 4.81. The molecule has 4 rings (SSSR count). The van der Waals surface area contributed by atoms with E-state index >= 15 is 0 Å². The lowest BCUT2D eigenvalue weighted by atomic mass is 9.76. The minimum Gasteiger partial charge on any atom is -0.442 e. The van der Waals surface area contributed by atoms with Crippen LogP contribution >= 0.6 is 0 Å². The third-order valence-electron chi connectivity index (χ3n) is 9.39. The first-order valence-electron chi connectivity index (χ1n) is 16.4. The Hall–Kier alpha value is -2.42. The number of carbonyl (C=O) groups excluding carboxylic acids is 2. The van der Waals surface area contributed by atoms with Crippen LogP contribution in [0.4, 0.5) is 0 Å². The Kier molecular flexibility index (Phi) is 12.9. The van der Waals surface area contributed by atoms with Crippen LogP contribution in [0.5, 0.6) is 0 Å². The molecule has 45 heavy (non-hydrogen) atoms. The van der Waals surface area contributed by atoms with Crippen LogP contribution in [0.25, 0.3) is 0 Å². The van der Waals surface area contributed by atoms with Crippen molar-refractivity contribution in [1.82, 2.24) is 18.6 Å². The van der Waals surface area contributed by atoms with E-state index in [4.69, 9.17) is 8.83 Å². The van der Waals surface area contributed by atoms with E-state index in [2.05, 4.69) is 9.97 Å². The van der Waals surface area contributed by atoms with E-state index in [1.165, 1.54) is 24.9 Å². The van der Waals surface area contributed by atoms with Crippen LogP contribution in [-0.4, -0.2) is 84.7 Å². The minimum atomic E-state index is -3.33. The maximum absolute atomic E-state index is 13.6. The van der Waals surface area contributed by atoms with Crippen LogP contribution in [0.1, 0.15) is 106 Å². The molecule has 14 heteroatoms. The van der Waals surface area contributed by atoms with Crippen molar-refractivity contribution >= 4 is 31.6 Å². The van der Waals surface area contributed by atoms with Gasteiger partial charge < -0.3 is 8.83 Å². The first-order chi connectivity index (χ1) is 21.6. The third-order valence-corrected chi connectivity index (χ3v) is 13.4. The second-order valence-corrected chi connectivity index (χ2v) is 16.6. The maximum atomic E-state index is 13.6. The molecule has 4 heterocycles. The van der Waals surface area contributed by atoms with Crippen molar-refractivity contribution in [3.63, 3.8) is 0 Å². The van der Waals surface area contributed by atoms with Gasteiger partial charge in [-0.1, -0.05) is 20.3 Å². The smallest absolute Gasteiger partial charge is 0.263 e. The van der Waals surface area contributed by atoms with Crippen LogP contribution in [0.15, 0.2) is 33.8 Å². The average Bonchev–Trinajstić information content (AvgIpc) is 3.77. The van der Waals surface area contributed by atoms with E-state index in [0.29, 0.717) is 77.0 Å². The van der Waals surface area contributed by atoms with Gasteiger partial charge >= 0.3 is 0 Å². The molecule has 0 radical (unpaired) electrons. The van der Waals surface area contributed by atoms with E-state index in [0.717, 1.165) is 25.7 Å². The number of nitrogens with zero attached hydrogens (tertiary/aromatic N) is 4. The number of sulfonamides is 2. The van der Waals surface area contributed by atoms with Crippen molar-refractivity contribution in [3.8, 4) is 0 Å². The molecule has 2 aliphatic rings. The molecule has 2 aromatic heterocycles. The number of piperidine rings is 2. The maximum Gasteiger partial charge on any atom is 0.263 e. The molecule has 0 bridgehead atoms. The van der Waals surface area contributed by atoms with Gasteiger partial charge in [-0.25, -0.2) is 35.4 Å². The molecule has 2 unspecified atom stereocenters. The number of carbonyl (C=O) groups is 2. The number of oxazole rings is 2. The lowest BCUT2D eigenvalue weighted by molar-refractivity contribution is 0.0745. The summed E-state index contributed by atoms with van der Waals surface area (Å²) in [7, 11) is -6.56. The Morgan fingerprint density at radius 2 is 1.33 bits per heavy atom. The zero-order valence-corrected chi connectivity index (χ0v) is 28.1. The quantitative estimate of drug-likeness (QED) is 0.202. The SMILES string of the molecule is CCCCS(=O)(=O)N1CCC(C(CCC(CCC2CCN(S(=O)(=O)CCC)CC2)C(=O)c2ncco2)C(=O)c2ncco2)CC1. The lowest BCUT2D eigenvalue weighted by Gasteiger charge is -2.35. The van der Waals surface area contributed by atoms with Crippen molar-refractivity contribution in [2.24, 2.45) is 23.7 Å². The molecule has 12 nitrogen and oxygen atoms in total. The molecule has 2 saturated heterocycles. The standard InChI is InChI=1S/C31H48N4O8S2/c1-3-5-23-45(40,41)35-18-12-25(13-19-35)27(29(37)31-33-15-21-43-31)9-8-26(28(36)30-32-14-20-42-30)7-6-24-10-16-34(17-11-24)44(38,39)22-4-2/h14-15,20-21,24-27H,3-13,16-19,22-23H2,1-2H3. The Balaban J connectivity index is 1.42. The van der Waals surface area contributed by atoms with Gasteiger partial charge in [0, 0.05) is 38.0 Å². The second-order valence-electron chi connectivity index (χ2n) is 12.4. The van der Waals surface area contributed by atoms with Crippen LogP contribution < -0.4 is 0 Å². The van der Waals surface area contributed by atoms with Gasteiger partial charge in [0.05, 0.1) is 23.9 Å². The summed E-state index contributed by atoms with van der Waals surface area (Å²) in [5.74, 6) is -0.764. The largest absolute Gasteiger partial charge is 0.442 e. The van der Waals surface area contributed by atoms with Crippen molar-refractivity contribution < 1.29 is 35.3 Å². The Bertz CT molecular complexity index is 1410. The number of Topliss-reactive ketones (excluding diaryl/α,β-unsaturated/α-hetero) is 2. The summed E-state index contributed by atoms with van der Waals surface area (Å²) < 4.78 is 64.4. The lowest BCUT2D eigenvalue weighted by Crippen LogP contribution is -2.42. The van der Waals surface area contributed by atoms with E-state index < -0.39 is 31.9 Å². The van der Waals surface area contributed by atoms with Gasteiger partial charge in [0.2, 0.25) is 31.6 Å². The predicted molar refractivity (Wildman–Crippen MR) is 168 cm³/mol. The number of hydrogen-bond acceptors (Lipinski definition) is 10. The molecular weight excluding hydrogens is 620 g/mol. The zero-order valence-electron chi connectivity index (χ0n) is 26.5. The molecule has 2 aliphatic heterocycles. The topological polar surface area (TPSA) is 161 Å². The minimum absolute atomic E-state index is 0.0263. The van der Waals surface area contributed by atoms with Crippen LogP contribution in [0.3, 0.4) is 0 Å². The number of rotatable bonds is 18. The fourth-order valence-corrected chi connectivity index (χ4v) is 9.92. The van der Waals surface area contributed by atoms with Crippen molar-refractivity contribution in [1.29, 1.82) is 0 Å². The number of unbranched alkanes of at least 4 members (excludes halogenated alkanes) is 1. The number of ketones is 2. The normalized spacial score (nSPS) is 19.4. The van der Waals surface area contributed by atoms with Gasteiger partial charge in [-0.15, -0.1) is 0 Å². The number of hydrogen-bond donors (Lipinski definition) is 0. The molecule has 252 valence electrons. The molecule has 0 aliphatic carbocycles. The van der Waals surface area contributed by atoms with E-state index in [-0.39, 0.29) is 40.8 Å². The van der Waals surface area contributed by atoms with E-state index in [9.17, 15) is 26.4 Å². The van der Waals surface area contributed by atoms with E-state index in [1.807, 2.05) is 13.8 Å². The van der Waals surface area contributed by atoms with Gasteiger partial charge in [-0.2, -0.15) is 0 Å². The summed E-state index contributed by atoms with van der Waals surface area (Å²) >= 11 is 0. The third kappa shape index (κ3) is 9.55. The van der Waals surface area contributed by atoms with Gasteiger partial charge in [0.15, 0.2) is 0 Å². The van der Waals surface area contributed by atoms with Gasteiger partial charge in [-0.3, -0.25) is 9.59 Å².